The lowest BCUT2D eigenvalue weighted by atomic mass is 9.94. The molecule has 3 aromatic rings. The Balaban J connectivity index is 1.33. The maximum absolute atomic E-state index is 11.6. The molecular formula is C27H31NO6. The highest BCUT2D eigenvalue weighted by Crippen LogP contribution is 2.28. The van der Waals surface area contributed by atoms with E-state index in [1.165, 1.54) is 0 Å². The first-order valence-electron chi connectivity index (χ1n) is 11.6. The van der Waals surface area contributed by atoms with Crippen LogP contribution in [0, 0.1) is 13.8 Å². The lowest BCUT2D eigenvalue weighted by molar-refractivity contribution is -0.0564. The minimum absolute atomic E-state index is 0.0339. The van der Waals surface area contributed by atoms with E-state index < -0.39 is 5.97 Å². The number of rotatable bonds is 9. The summed E-state index contributed by atoms with van der Waals surface area (Å²) in [5.41, 5.74) is 3.43. The third-order valence-electron chi connectivity index (χ3n) is 6.29. The quantitative estimate of drug-likeness (QED) is 0.433. The van der Waals surface area contributed by atoms with Crippen molar-refractivity contribution in [2.45, 2.75) is 65.0 Å². The van der Waals surface area contributed by atoms with Crippen LogP contribution >= 0.6 is 0 Å². The molecular weight excluding hydrogens is 434 g/mol. The van der Waals surface area contributed by atoms with Gasteiger partial charge in [0.15, 0.2) is 0 Å². The predicted molar refractivity (Wildman–Crippen MR) is 127 cm³/mol. The number of carbonyl (C=O) groups is 1. The lowest BCUT2D eigenvalue weighted by Gasteiger charge is -2.29. The van der Waals surface area contributed by atoms with E-state index in [-0.39, 0.29) is 18.8 Å². The molecule has 1 aromatic heterocycles. The Bertz CT molecular complexity index is 1140. The van der Waals surface area contributed by atoms with Crippen molar-refractivity contribution in [2.24, 2.45) is 0 Å². The fourth-order valence-electron chi connectivity index (χ4n) is 4.41. The highest BCUT2D eigenvalue weighted by molar-refractivity contribution is 5.91. The van der Waals surface area contributed by atoms with E-state index in [4.69, 9.17) is 18.6 Å². The molecule has 2 unspecified atom stereocenters. The van der Waals surface area contributed by atoms with Gasteiger partial charge in [-0.3, -0.25) is 0 Å². The van der Waals surface area contributed by atoms with Crippen LogP contribution in [0.5, 0.6) is 5.75 Å². The Hall–Kier alpha value is -3.16. The molecule has 0 aliphatic heterocycles. The molecule has 7 heteroatoms. The van der Waals surface area contributed by atoms with Crippen molar-refractivity contribution in [1.29, 1.82) is 0 Å². The third kappa shape index (κ3) is 5.66. The first-order chi connectivity index (χ1) is 16.4. The highest BCUT2D eigenvalue weighted by Gasteiger charge is 2.25. The second-order valence-corrected chi connectivity index (χ2v) is 8.70. The number of carboxylic acid groups (broad SMARTS) is 1. The Morgan fingerprint density at radius 2 is 1.82 bits per heavy atom. The monoisotopic (exact) mass is 465 g/mol. The Kier molecular flexibility index (Phi) is 7.65. The van der Waals surface area contributed by atoms with Gasteiger partial charge >= 0.3 is 5.97 Å². The standard InChI is InChI=1S/C27H31NO6/c1-17-7-4-9-20(25(17)27(29)30)15-32-22-11-6-12-23(14-22)33-16-24-18(2)34-26(28-24)19-8-5-10-21(13-19)31-3/h4-5,7-10,13,22-23H,6,11-12,14-16H2,1-3H3,(H,29,30). The van der Waals surface area contributed by atoms with Crippen molar-refractivity contribution in [3.63, 3.8) is 0 Å². The third-order valence-corrected chi connectivity index (χ3v) is 6.29. The van der Waals surface area contributed by atoms with Gasteiger partial charge < -0.3 is 23.7 Å². The van der Waals surface area contributed by atoms with Crippen LogP contribution in [0.4, 0.5) is 0 Å². The Morgan fingerprint density at radius 3 is 2.56 bits per heavy atom. The number of aryl methyl sites for hydroxylation is 2. The van der Waals surface area contributed by atoms with Crippen LogP contribution in [0.25, 0.3) is 11.5 Å². The molecule has 7 nitrogen and oxygen atoms in total. The van der Waals surface area contributed by atoms with Crippen LogP contribution in [0.15, 0.2) is 46.9 Å². The van der Waals surface area contributed by atoms with Gasteiger partial charge in [0.05, 0.1) is 38.1 Å². The van der Waals surface area contributed by atoms with Crippen molar-refractivity contribution in [3.8, 4) is 17.2 Å². The van der Waals surface area contributed by atoms with Gasteiger partial charge in [0.25, 0.3) is 0 Å². The van der Waals surface area contributed by atoms with Crippen molar-refractivity contribution in [1.82, 2.24) is 4.98 Å². The summed E-state index contributed by atoms with van der Waals surface area (Å²) in [5.74, 6) is 1.12. The number of ether oxygens (including phenoxy) is 3. The molecule has 180 valence electrons. The first-order valence-corrected chi connectivity index (χ1v) is 11.6. The summed E-state index contributed by atoms with van der Waals surface area (Å²) >= 11 is 0. The van der Waals surface area contributed by atoms with Crippen molar-refractivity contribution in [3.05, 3.63) is 70.6 Å². The maximum atomic E-state index is 11.6. The molecule has 4 rings (SSSR count). The molecule has 0 spiro atoms. The molecule has 1 saturated carbocycles. The van der Waals surface area contributed by atoms with Gasteiger partial charge in [0.2, 0.25) is 5.89 Å². The molecule has 0 bridgehead atoms. The molecule has 1 aliphatic rings. The van der Waals surface area contributed by atoms with E-state index in [1.54, 1.807) is 7.11 Å². The first kappa shape index (κ1) is 24.0. The zero-order valence-electron chi connectivity index (χ0n) is 19.9. The second kappa shape index (κ2) is 10.8. The van der Waals surface area contributed by atoms with Crippen LogP contribution < -0.4 is 4.74 Å². The number of aromatic carboxylic acids is 1. The molecule has 2 atom stereocenters. The molecule has 2 aromatic carbocycles. The van der Waals surface area contributed by atoms with Crippen LogP contribution in [-0.2, 0) is 22.7 Å². The minimum atomic E-state index is -0.919. The molecule has 1 aliphatic carbocycles. The van der Waals surface area contributed by atoms with E-state index in [2.05, 4.69) is 4.98 Å². The Morgan fingerprint density at radius 1 is 1.09 bits per heavy atom. The number of benzene rings is 2. The van der Waals surface area contributed by atoms with E-state index in [9.17, 15) is 9.90 Å². The number of carboxylic acids is 1. The molecule has 34 heavy (non-hydrogen) atoms. The van der Waals surface area contributed by atoms with Crippen molar-refractivity contribution in [2.75, 3.05) is 7.11 Å². The lowest BCUT2D eigenvalue weighted by Crippen LogP contribution is -2.28. The zero-order valence-corrected chi connectivity index (χ0v) is 19.9. The summed E-state index contributed by atoms with van der Waals surface area (Å²) in [6.45, 7) is 4.36. The fourth-order valence-corrected chi connectivity index (χ4v) is 4.41. The number of hydrogen-bond donors (Lipinski definition) is 1. The number of aromatic nitrogens is 1. The van der Waals surface area contributed by atoms with Gasteiger partial charge in [-0.2, -0.15) is 0 Å². The van der Waals surface area contributed by atoms with Crippen molar-refractivity contribution >= 4 is 5.97 Å². The van der Waals surface area contributed by atoms with Crippen LogP contribution in [-0.4, -0.2) is 35.4 Å². The predicted octanol–water partition coefficient (Wildman–Crippen LogP) is 5.71. The van der Waals surface area contributed by atoms with E-state index in [0.29, 0.717) is 23.6 Å². The summed E-state index contributed by atoms with van der Waals surface area (Å²) < 4.78 is 23.5. The van der Waals surface area contributed by atoms with Crippen LogP contribution in [0.1, 0.15) is 58.6 Å². The molecule has 0 amide bonds. The average molecular weight is 466 g/mol. The van der Waals surface area contributed by atoms with Crippen molar-refractivity contribution < 1.29 is 28.5 Å². The van der Waals surface area contributed by atoms with Gasteiger partial charge in [0.1, 0.15) is 17.2 Å². The number of methoxy groups -OCH3 is 1. The summed E-state index contributed by atoms with van der Waals surface area (Å²) in [7, 11) is 1.63. The maximum Gasteiger partial charge on any atom is 0.336 e. The van der Waals surface area contributed by atoms with E-state index in [1.807, 2.05) is 56.3 Å². The number of oxazole rings is 1. The van der Waals surface area contributed by atoms with Gasteiger partial charge in [-0.25, -0.2) is 9.78 Å². The SMILES string of the molecule is COc1cccc(-c2nc(COC3CCCC(OCc4cccc(C)c4C(=O)O)C3)c(C)o2)c1. The average Bonchev–Trinajstić information content (AvgIpc) is 3.22. The smallest absolute Gasteiger partial charge is 0.336 e. The van der Waals surface area contributed by atoms with Gasteiger partial charge in [-0.15, -0.1) is 0 Å². The molecule has 1 fully saturated rings. The summed E-state index contributed by atoms with van der Waals surface area (Å²) in [5, 5.41) is 9.53. The summed E-state index contributed by atoms with van der Waals surface area (Å²) in [6.07, 6.45) is 3.77. The van der Waals surface area contributed by atoms with E-state index >= 15 is 0 Å². The molecule has 1 N–H and O–H groups in total. The summed E-state index contributed by atoms with van der Waals surface area (Å²) in [4.78, 5) is 16.3. The van der Waals surface area contributed by atoms with E-state index in [0.717, 1.165) is 54.0 Å². The minimum Gasteiger partial charge on any atom is -0.497 e. The Labute approximate surface area is 199 Å². The molecule has 0 saturated heterocycles. The van der Waals surface area contributed by atoms with Crippen LogP contribution in [0.3, 0.4) is 0 Å². The number of nitrogens with zero attached hydrogens (tertiary/aromatic N) is 1. The van der Waals surface area contributed by atoms with Crippen LogP contribution in [0.2, 0.25) is 0 Å². The van der Waals surface area contributed by atoms with Gasteiger partial charge in [-0.1, -0.05) is 24.3 Å². The molecule has 0 radical (unpaired) electrons. The zero-order chi connectivity index (χ0) is 24.1. The normalized spacial score (nSPS) is 18.1. The second-order valence-electron chi connectivity index (χ2n) is 8.70. The van der Waals surface area contributed by atoms with Gasteiger partial charge in [-0.05, 0) is 68.9 Å². The fraction of sp³-hybridized carbons (Fsp3) is 0.407. The number of hydrogen-bond acceptors (Lipinski definition) is 6. The largest absolute Gasteiger partial charge is 0.497 e. The summed E-state index contributed by atoms with van der Waals surface area (Å²) in [6, 6.07) is 13.1. The topological polar surface area (TPSA) is 91.0 Å². The highest BCUT2D eigenvalue weighted by atomic mass is 16.5. The van der Waals surface area contributed by atoms with Gasteiger partial charge in [0, 0.05) is 5.56 Å². The molecule has 1 heterocycles.